The monoisotopic (exact) mass is 472 g/mol. The van der Waals surface area contributed by atoms with Crippen LogP contribution < -0.4 is 10.6 Å². The van der Waals surface area contributed by atoms with Gasteiger partial charge in [0.1, 0.15) is 17.3 Å². The number of hydrogen-bond donors (Lipinski definition) is 2. The van der Waals surface area contributed by atoms with Gasteiger partial charge in [-0.3, -0.25) is 14.1 Å². The average molecular weight is 473 g/mol. The Morgan fingerprint density at radius 1 is 1.11 bits per heavy atom. The molecule has 35 heavy (non-hydrogen) atoms. The lowest BCUT2D eigenvalue weighted by atomic mass is 9.99. The molecule has 1 saturated heterocycles. The number of nitrogens with zero attached hydrogens (tertiary/aromatic N) is 4. The van der Waals surface area contributed by atoms with Crippen molar-refractivity contribution in [2.24, 2.45) is 0 Å². The van der Waals surface area contributed by atoms with Crippen LogP contribution in [-0.2, 0) is 11.3 Å². The summed E-state index contributed by atoms with van der Waals surface area (Å²) in [6.45, 7) is 5.93. The Morgan fingerprint density at radius 2 is 1.97 bits per heavy atom. The van der Waals surface area contributed by atoms with Crippen LogP contribution in [0.25, 0.3) is 16.9 Å². The summed E-state index contributed by atoms with van der Waals surface area (Å²) in [6.07, 6.45) is 5.24. The fourth-order valence-corrected chi connectivity index (χ4v) is 4.89. The molecular formula is C26H25FN6O2. The first-order chi connectivity index (χ1) is 17.1. The molecule has 1 amide bonds. The Hall–Kier alpha value is -3.82. The predicted octanol–water partition coefficient (Wildman–Crippen LogP) is 3.92. The van der Waals surface area contributed by atoms with Gasteiger partial charge in [0.15, 0.2) is 0 Å². The Morgan fingerprint density at radius 3 is 2.77 bits per heavy atom. The number of fused-ring (bicyclic) bond motifs is 2. The second-order valence-electron chi connectivity index (χ2n) is 8.84. The quantitative estimate of drug-likeness (QED) is 0.458. The molecule has 0 unspecified atom stereocenters. The lowest BCUT2D eigenvalue weighted by molar-refractivity contribution is 0.0198. The van der Waals surface area contributed by atoms with Gasteiger partial charge in [0.25, 0.3) is 5.91 Å². The molecule has 5 heterocycles. The number of benzene rings is 1. The summed E-state index contributed by atoms with van der Waals surface area (Å²) >= 11 is 0. The minimum absolute atomic E-state index is 0.137. The molecule has 0 radical (unpaired) electrons. The molecule has 3 aromatic heterocycles. The van der Waals surface area contributed by atoms with E-state index in [0.717, 1.165) is 48.7 Å². The summed E-state index contributed by atoms with van der Waals surface area (Å²) in [5, 5.41) is 6.25. The highest BCUT2D eigenvalue weighted by molar-refractivity contribution is 6.06. The number of carbonyl (C=O) groups is 1. The molecule has 2 N–H and O–H groups in total. The van der Waals surface area contributed by atoms with Gasteiger partial charge in [-0.2, -0.15) is 0 Å². The van der Waals surface area contributed by atoms with E-state index in [1.807, 2.05) is 28.8 Å². The fraction of sp³-hybridized carbons (Fsp3) is 0.269. The summed E-state index contributed by atoms with van der Waals surface area (Å²) in [5.74, 6) is 0.193. The number of ether oxygens (including phenoxy) is 1. The predicted molar refractivity (Wildman–Crippen MR) is 130 cm³/mol. The van der Waals surface area contributed by atoms with Gasteiger partial charge < -0.3 is 15.4 Å². The molecule has 1 fully saturated rings. The second-order valence-corrected chi connectivity index (χ2v) is 8.84. The van der Waals surface area contributed by atoms with Gasteiger partial charge in [0.05, 0.1) is 36.4 Å². The Kier molecular flexibility index (Phi) is 5.43. The molecular weight excluding hydrogens is 447 g/mol. The van der Waals surface area contributed by atoms with Crippen molar-refractivity contribution in [3.05, 3.63) is 77.5 Å². The number of hydrogen-bond acceptors (Lipinski definition) is 6. The molecule has 4 aromatic rings. The van der Waals surface area contributed by atoms with Gasteiger partial charge in [0.2, 0.25) is 0 Å². The third-order valence-corrected chi connectivity index (χ3v) is 6.84. The molecule has 0 spiro atoms. The van der Waals surface area contributed by atoms with E-state index < -0.39 is 0 Å². The molecule has 178 valence electrons. The Bertz CT molecular complexity index is 1410. The maximum atomic E-state index is 13.6. The number of aromatic nitrogens is 3. The van der Waals surface area contributed by atoms with E-state index in [1.54, 1.807) is 12.4 Å². The zero-order valence-corrected chi connectivity index (χ0v) is 19.3. The summed E-state index contributed by atoms with van der Waals surface area (Å²) in [5.41, 5.74) is 5.50. The van der Waals surface area contributed by atoms with Crippen molar-refractivity contribution in [2.75, 3.05) is 31.6 Å². The van der Waals surface area contributed by atoms with E-state index in [1.165, 1.54) is 12.1 Å². The number of imidazole rings is 1. The second kappa shape index (κ2) is 8.75. The maximum Gasteiger partial charge on any atom is 0.254 e. The topological polar surface area (TPSA) is 83.8 Å². The van der Waals surface area contributed by atoms with Crippen molar-refractivity contribution in [1.82, 2.24) is 24.6 Å². The third-order valence-electron chi connectivity index (χ3n) is 6.84. The van der Waals surface area contributed by atoms with Gasteiger partial charge in [-0.15, -0.1) is 0 Å². The first-order valence-corrected chi connectivity index (χ1v) is 11.7. The molecule has 6 rings (SSSR count). The summed E-state index contributed by atoms with van der Waals surface area (Å²) in [4.78, 5) is 24.1. The van der Waals surface area contributed by atoms with Crippen molar-refractivity contribution in [3.63, 3.8) is 0 Å². The van der Waals surface area contributed by atoms with Gasteiger partial charge in [-0.25, -0.2) is 14.4 Å². The third kappa shape index (κ3) is 3.92. The number of amides is 1. The van der Waals surface area contributed by atoms with Crippen LogP contribution >= 0.6 is 0 Å². The standard InChI is InChI=1S/C26H25FN6O2/c1-16(32-8-10-35-11-9-32)17-2-5-23(28-13-17)31-21-4-3-19(20-14-30-26(34)25(20)21)22-15-29-24-12-18(27)6-7-33(22)24/h2-7,12-13,15-16H,8-11,14H2,1H3,(H,28,31)(H,30,34)/t16-/m0/s1. The summed E-state index contributed by atoms with van der Waals surface area (Å²) in [6, 6.07) is 10.9. The smallest absolute Gasteiger partial charge is 0.254 e. The number of anilines is 2. The summed E-state index contributed by atoms with van der Waals surface area (Å²) < 4.78 is 20.9. The minimum Gasteiger partial charge on any atom is -0.379 e. The molecule has 0 bridgehead atoms. The summed E-state index contributed by atoms with van der Waals surface area (Å²) in [7, 11) is 0. The van der Waals surface area contributed by atoms with E-state index in [2.05, 4.69) is 38.5 Å². The minimum atomic E-state index is -0.339. The van der Waals surface area contributed by atoms with Crippen LogP contribution in [0.3, 0.4) is 0 Å². The molecule has 9 heteroatoms. The van der Waals surface area contributed by atoms with Crippen LogP contribution in [0.5, 0.6) is 0 Å². The van der Waals surface area contributed by atoms with Crippen LogP contribution in [0.1, 0.15) is 34.5 Å². The lowest BCUT2D eigenvalue weighted by Gasteiger charge is -2.32. The van der Waals surface area contributed by atoms with Crippen LogP contribution in [0.2, 0.25) is 0 Å². The van der Waals surface area contributed by atoms with Gasteiger partial charge in [-0.05, 0) is 36.2 Å². The van der Waals surface area contributed by atoms with Crippen molar-refractivity contribution in [1.29, 1.82) is 0 Å². The van der Waals surface area contributed by atoms with Gasteiger partial charge >= 0.3 is 0 Å². The Balaban J connectivity index is 1.29. The molecule has 8 nitrogen and oxygen atoms in total. The van der Waals surface area contributed by atoms with E-state index in [0.29, 0.717) is 29.3 Å². The molecule has 2 aliphatic heterocycles. The highest BCUT2D eigenvalue weighted by Crippen LogP contribution is 2.35. The largest absolute Gasteiger partial charge is 0.379 e. The van der Waals surface area contributed by atoms with Crippen LogP contribution in [0.15, 0.2) is 55.0 Å². The van der Waals surface area contributed by atoms with Crippen LogP contribution in [0.4, 0.5) is 15.9 Å². The maximum absolute atomic E-state index is 13.6. The zero-order chi connectivity index (χ0) is 23.9. The molecule has 0 saturated carbocycles. The van der Waals surface area contributed by atoms with E-state index >= 15 is 0 Å². The zero-order valence-electron chi connectivity index (χ0n) is 19.3. The van der Waals surface area contributed by atoms with Crippen molar-refractivity contribution in [2.45, 2.75) is 19.5 Å². The number of morpholine rings is 1. The highest BCUT2D eigenvalue weighted by atomic mass is 19.1. The number of halogens is 1. The molecule has 0 aliphatic carbocycles. The van der Waals surface area contributed by atoms with E-state index in [-0.39, 0.29) is 17.8 Å². The number of nitrogens with one attached hydrogen (secondary N) is 2. The first kappa shape index (κ1) is 21.7. The number of pyridine rings is 2. The Labute approximate surface area is 201 Å². The van der Waals surface area contributed by atoms with Crippen molar-refractivity contribution >= 4 is 23.1 Å². The number of rotatable bonds is 5. The molecule has 1 aromatic carbocycles. The number of carbonyl (C=O) groups excluding carboxylic acids is 1. The highest BCUT2D eigenvalue weighted by Gasteiger charge is 2.27. The van der Waals surface area contributed by atoms with E-state index in [4.69, 9.17) is 4.74 Å². The average Bonchev–Trinajstić information content (AvgIpc) is 3.48. The molecule has 1 atom stereocenters. The first-order valence-electron chi connectivity index (χ1n) is 11.7. The van der Waals surface area contributed by atoms with E-state index in [9.17, 15) is 9.18 Å². The van der Waals surface area contributed by atoms with Crippen molar-refractivity contribution < 1.29 is 13.9 Å². The van der Waals surface area contributed by atoms with Crippen LogP contribution in [-0.4, -0.2) is 51.5 Å². The molecule has 2 aliphatic rings. The SMILES string of the molecule is C[C@@H](c1ccc(Nc2ccc(-c3cnc4cc(F)ccn34)c3c2C(=O)NC3)nc1)N1CCOCC1. The van der Waals surface area contributed by atoms with Crippen molar-refractivity contribution in [3.8, 4) is 11.3 Å². The van der Waals surface area contributed by atoms with Gasteiger partial charge in [-0.1, -0.05) is 12.1 Å². The normalized spacial score (nSPS) is 16.8. The fourth-order valence-electron chi connectivity index (χ4n) is 4.89. The van der Waals surface area contributed by atoms with Crippen LogP contribution in [0, 0.1) is 5.82 Å². The van der Waals surface area contributed by atoms with Gasteiger partial charge in [0, 0.05) is 49.7 Å². The lowest BCUT2D eigenvalue weighted by Crippen LogP contribution is -2.38.